The van der Waals surface area contributed by atoms with Crippen LogP contribution in [0.1, 0.15) is 0 Å². The van der Waals surface area contributed by atoms with Gasteiger partial charge in [0.15, 0.2) is 0 Å². The van der Waals surface area contributed by atoms with Crippen LogP contribution in [0.2, 0.25) is 0 Å². The van der Waals surface area contributed by atoms with E-state index < -0.39 is 0 Å². The third-order valence-corrected chi connectivity index (χ3v) is 11.8. The molecule has 0 atom stereocenters. The van der Waals surface area contributed by atoms with Gasteiger partial charge in [0.25, 0.3) is 0 Å². The summed E-state index contributed by atoms with van der Waals surface area (Å²) in [5.41, 5.74) is 16.4. The minimum Gasteiger partial charge on any atom is -0.310 e. The standard InChI is InChI=1S/C58H40N2/c1-3-12-41(13-4-1)44-22-24-46(25-23-44)49-18-11-19-53(38-49)59(51-32-26-45(27-33-51)42-14-5-2-6-15-42)52-34-28-47(29-35-52)50-31-37-58-56(40-50)55-20-9-10-21-57(55)60(58)54-36-30-43-16-7-8-17-48(43)39-54/h1-40H. The third-order valence-electron chi connectivity index (χ3n) is 11.8. The Morgan fingerprint density at radius 2 is 0.717 bits per heavy atom. The fourth-order valence-electron chi connectivity index (χ4n) is 8.74. The van der Waals surface area contributed by atoms with Crippen molar-refractivity contribution in [3.63, 3.8) is 0 Å². The molecule has 1 heterocycles. The Morgan fingerprint density at radius 1 is 0.250 bits per heavy atom. The summed E-state index contributed by atoms with van der Waals surface area (Å²) in [6.45, 7) is 0. The van der Waals surface area contributed by atoms with Gasteiger partial charge >= 0.3 is 0 Å². The quantitative estimate of drug-likeness (QED) is 0.150. The van der Waals surface area contributed by atoms with Gasteiger partial charge in [0.05, 0.1) is 11.0 Å². The summed E-state index contributed by atoms with van der Waals surface area (Å²) in [7, 11) is 0. The highest BCUT2D eigenvalue weighted by atomic mass is 15.1. The largest absolute Gasteiger partial charge is 0.310 e. The first-order valence-corrected chi connectivity index (χ1v) is 20.6. The topological polar surface area (TPSA) is 8.17 Å². The second-order valence-corrected chi connectivity index (χ2v) is 15.4. The summed E-state index contributed by atoms with van der Waals surface area (Å²) in [6, 6.07) is 87.8. The van der Waals surface area contributed by atoms with E-state index in [-0.39, 0.29) is 0 Å². The van der Waals surface area contributed by atoms with E-state index in [4.69, 9.17) is 0 Å². The molecule has 0 saturated carbocycles. The molecule has 0 aliphatic heterocycles. The minimum absolute atomic E-state index is 1.09. The maximum Gasteiger partial charge on any atom is 0.0541 e. The monoisotopic (exact) mass is 764 g/mol. The van der Waals surface area contributed by atoms with Crippen molar-refractivity contribution in [2.75, 3.05) is 4.90 Å². The number of hydrogen-bond donors (Lipinski definition) is 0. The molecule has 0 N–H and O–H groups in total. The predicted molar refractivity (Wildman–Crippen MR) is 255 cm³/mol. The molecule has 60 heavy (non-hydrogen) atoms. The molecule has 11 rings (SSSR count). The molecule has 0 saturated heterocycles. The van der Waals surface area contributed by atoms with Crippen molar-refractivity contribution in [2.45, 2.75) is 0 Å². The lowest BCUT2D eigenvalue weighted by Crippen LogP contribution is -2.10. The Balaban J connectivity index is 0.969. The number of hydrogen-bond acceptors (Lipinski definition) is 1. The fourth-order valence-corrected chi connectivity index (χ4v) is 8.74. The Kier molecular flexibility index (Phi) is 8.87. The van der Waals surface area contributed by atoms with Crippen molar-refractivity contribution in [1.82, 2.24) is 4.57 Å². The average molecular weight is 765 g/mol. The first-order valence-electron chi connectivity index (χ1n) is 20.6. The van der Waals surface area contributed by atoms with Crippen LogP contribution in [0.25, 0.3) is 82.8 Å². The van der Waals surface area contributed by atoms with Crippen LogP contribution in [-0.4, -0.2) is 4.57 Å². The summed E-state index contributed by atoms with van der Waals surface area (Å²) in [4.78, 5) is 2.36. The van der Waals surface area contributed by atoms with Gasteiger partial charge in [-0.2, -0.15) is 0 Å². The SMILES string of the molecule is c1ccc(-c2ccc(-c3cccc(N(c4ccc(-c5ccccc5)cc4)c4ccc(-c5ccc6c(c5)c5ccccc5n6-c5ccc6ccccc6c5)cc4)c3)cc2)cc1. The third kappa shape index (κ3) is 6.51. The highest BCUT2D eigenvalue weighted by molar-refractivity contribution is 6.10. The normalized spacial score (nSPS) is 11.3. The predicted octanol–water partition coefficient (Wildman–Crippen LogP) is 16.1. The van der Waals surface area contributed by atoms with Crippen molar-refractivity contribution < 1.29 is 0 Å². The molecule has 1 aromatic heterocycles. The van der Waals surface area contributed by atoms with Gasteiger partial charge in [-0.15, -0.1) is 0 Å². The first kappa shape index (κ1) is 35.2. The Morgan fingerprint density at radius 3 is 1.37 bits per heavy atom. The first-order chi connectivity index (χ1) is 29.7. The maximum absolute atomic E-state index is 2.40. The number of benzene rings is 10. The van der Waals surface area contributed by atoms with E-state index in [9.17, 15) is 0 Å². The van der Waals surface area contributed by atoms with E-state index in [1.54, 1.807) is 0 Å². The molecule has 282 valence electrons. The molecule has 0 unspecified atom stereocenters. The molecule has 2 heteroatoms. The number of nitrogens with zero attached hydrogens (tertiary/aromatic N) is 2. The number of para-hydroxylation sites is 1. The van der Waals surface area contributed by atoms with Crippen LogP contribution in [0, 0.1) is 0 Å². The van der Waals surface area contributed by atoms with Crippen LogP contribution in [0.3, 0.4) is 0 Å². The van der Waals surface area contributed by atoms with E-state index in [0.717, 1.165) is 17.1 Å². The number of rotatable bonds is 8. The second kappa shape index (κ2) is 15.1. The summed E-state index contributed by atoms with van der Waals surface area (Å²) in [5, 5.41) is 4.98. The molecule has 11 aromatic rings. The number of anilines is 3. The maximum atomic E-state index is 2.40. The highest BCUT2D eigenvalue weighted by Gasteiger charge is 2.17. The Bertz CT molecular complexity index is 3270. The van der Waals surface area contributed by atoms with Gasteiger partial charge in [-0.1, -0.05) is 176 Å². The van der Waals surface area contributed by atoms with Crippen LogP contribution < -0.4 is 4.90 Å². The number of fused-ring (bicyclic) bond motifs is 4. The second-order valence-electron chi connectivity index (χ2n) is 15.4. The Hall–Kier alpha value is -7.94. The van der Waals surface area contributed by atoms with Crippen molar-refractivity contribution >= 4 is 49.6 Å². The average Bonchev–Trinajstić information content (AvgIpc) is 3.66. The fraction of sp³-hybridized carbons (Fsp3) is 0. The molecule has 2 nitrogen and oxygen atoms in total. The van der Waals surface area contributed by atoms with Crippen LogP contribution >= 0.6 is 0 Å². The number of aromatic nitrogens is 1. The summed E-state index contributed by atoms with van der Waals surface area (Å²) in [5.74, 6) is 0. The molecule has 10 aromatic carbocycles. The van der Waals surface area contributed by atoms with Crippen molar-refractivity contribution in [2.24, 2.45) is 0 Å². The molecular formula is C58H40N2. The van der Waals surface area contributed by atoms with Crippen molar-refractivity contribution in [3.8, 4) is 50.2 Å². The van der Waals surface area contributed by atoms with Crippen molar-refractivity contribution in [1.29, 1.82) is 0 Å². The molecular weight excluding hydrogens is 725 g/mol. The Labute approximate surface area is 350 Å². The molecule has 0 amide bonds. The van der Waals surface area contributed by atoms with Crippen LogP contribution in [-0.2, 0) is 0 Å². The van der Waals surface area contributed by atoms with Gasteiger partial charge in [0.1, 0.15) is 0 Å². The smallest absolute Gasteiger partial charge is 0.0541 e. The molecule has 0 aliphatic carbocycles. The van der Waals surface area contributed by atoms with Gasteiger partial charge in [0.2, 0.25) is 0 Å². The summed E-state index contributed by atoms with van der Waals surface area (Å²) >= 11 is 0. The molecule has 0 aliphatic rings. The van der Waals surface area contributed by atoms with Gasteiger partial charge in [0, 0.05) is 33.5 Å². The summed E-state index contributed by atoms with van der Waals surface area (Å²) in [6.07, 6.45) is 0. The zero-order chi connectivity index (χ0) is 39.8. The van der Waals surface area contributed by atoms with E-state index in [2.05, 4.69) is 252 Å². The lowest BCUT2D eigenvalue weighted by Gasteiger charge is -2.26. The zero-order valence-corrected chi connectivity index (χ0v) is 33.0. The molecule has 0 spiro atoms. The van der Waals surface area contributed by atoms with Gasteiger partial charge < -0.3 is 9.47 Å². The zero-order valence-electron chi connectivity index (χ0n) is 33.0. The van der Waals surface area contributed by atoms with Gasteiger partial charge in [-0.25, -0.2) is 0 Å². The summed E-state index contributed by atoms with van der Waals surface area (Å²) < 4.78 is 2.40. The molecule has 0 fully saturated rings. The van der Waals surface area contributed by atoms with Crippen LogP contribution in [0.4, 0.5) is 17.1 Å². The lowest BCUT2D eigenvalue weighted by molar-refractivity contribution is 1.19. The van der Waals surface area contributed by atoms with E-state index >= 15 is 0 Å². The lowest BCUT2D eigenvalue weighted by atomic mass is 9.99. The van der Waals surface area contributed by atoms with E-state index in [1.807, 2.05) is 0 Å². The molecule has 0 bridgehead atoms. The highest BCUT2D eigenvalue weighted by Crippen LogP contribution is 2.40. The van der Waals surface area contributed by atoms with Crippen molar-refractivity contribution in [3.05, 3.63) is 243 Å². The van der Waals surface area contributed by atoms with Gasteiger partial charge in [-0.05, 0) is 122 Å². The van der Waals surface area contributed by atoms with Crippen LogP contribution in [0.5, 0.6) is 0 Å². The van der Waals surface area contributed by atoms with E-state index in [0.29, 0.717) is 0 Å². The minimum atomic E-state index is 1.09. The van der Waals surface area contributed by atoms with Crippen LogP contribution in [0.15, 0.2) is 243 Å². The molecule has 0 radical (unpaired) electrons. The van der Waals surface area contributed by atoms with E-state index in [1.165, 1.54) is 82.8 Å². The van der Waals surface area contributed by atoms with Gasteiger partial charge in [-0.3, -0.25) is 0 Å².